The number of nitrogens with two attached hydrogens (primary N) is 1. The van der Waals surface area contributed by atoms with Gasteiger partial charge in [-0.1, -0.05) is 13.8 Å². The lowest BCUT2D eigenvalue weighted by Gasteiger charge is -2.46. The van der Waals surface area contributed by atoms with E-state index in [9.17, 15) is 29.7 Å². The van der Waals surface area contributed by atoms with Crippen LogP contribution < -0.4 is 5.73 Å². The van der Waals surface area contributed by atoms with Crippen LogP contribution in [0.4, 0.5) is 0 Å². The highest BCUT2D eigenvalue weighted by molar-refractivity contribution is 8.03. The molecular formula is C19H29N3O6S. The minimum Gasteiger partial charge on any atom is -0.477 e. The van der Waals surface area contributed by atoms with Crippen molar-refractivity contribution in [2.75, 3.05) is 13.1 Å². The summed E-state index contributed by atoms with van der Waals surface area (Å²) >= 11 is 1.45. The number of carbonyl (C=O) groups is 3. The Morgan fingerprint density at radius 2 is 1.97 bits per heavy atom. The Hall–Kier alpha value is -1.62. The van der Waals surface area contributed by atoms with Crippen LogP contribution >= 0.6 is 11.8 Å². The smallest absolute Gasteiger partial charge is 0.353 e. The Kier molecular flexibility index (Phi) is 6.28. The summed E-state index contributed by atoms with van der Waals surface area (Å²) in [5, 5.41) is 30.1. The number of aliphatic hydroxyl groups excluding tert-OH is 2. The van der Waals surface area contributed by atoms with Crippen molar-refractivity contribution < 1.29 is 29.7 Å². The highest BCUT2D eigenvalue weighted by Crippen LogP contribution is 2.51. The Balaban J connectivity index is 1.69. The number of nitrogens with zero attached hydrogens (tertiary/aromatic N) is 2. The van der Waals surface area contributed by atoms with E-state index in [0.717, 1.165) is 6.42 Å². The summed E-state index contributed by atoms with van der Waals surface area (Å²) < 4.78 is 0. The number of hydrogen-bond acceptors (Lipinski definition) is 7. The molecule has 0 aromatic carbocycles. The zero-order chi connectivity index (χ0) is 21.6. The number of thioether (sulfide) groups is 1. The zero-order valence-electron chi connectivity index (χ0n) is 16.8. The second-order valence-electron chi connectivity index (χ2n) is 8.32. The van der Waals surface area contributed by atoms with Crippen molar-refractivity contribution in [3.63, 3.8) is 0 Å². The van der Waals surface area contributed by atoms with E-state index in [1.165, 1.54) is 16.7 Å². The van der Waals surface area contributed by atoms with Gasteiger partial charge in [-0.25, -0.2) is 4.79 Å². The number of amides is 2. The maximum Gasteiger partial charge on any atom is 0.353 e. The number of carboxylic acids is 1. The van der Waals surface area contributed by atoms with Gasteiger partial charge >= 0.3 is 5.97 Å². The summed E-state index contributed by atoms with van der Waals surface area (Å²) in [4.78, 5) is 39.4. The van der Waals surface area contributed by atoms with Crippen LogP contribution in [0.5, 0.6) is 0 Å². The van der Waals surface area contributed by atoms with Gasteiger partial charge in [0.25, 0.3) is 0 Å². The van der Waals surface area contributed by atoms with Gasteiger partial charge in [0, 0.05) is 35.1 Å². The molecule has 3 heterocycles. The number of hydrogen-bond donors (Lipinski definition) is 4. The molecule has 2 fully saturated rings. The molecule has 0 saturated carbocycles. The van der Waals surface area contributed by atoms with E-state index < -0.39 is 36.0 Å². The predicted molar refractivity (Wildman–Crippen MR) is 106 cm³/mol. The number of rotatable bonds is 8. The van der Waals surface area contributed by atoms with Crippen LogP contribution in [0.15, 0.2) is 10.6 Å². The average molecular weight is 428 g/mol. The Morgan fingerprint density at radius 1 is 1.31 bits per heavy atom. The lowest BCUT2D eigenvalue weighted by molar-refractivity contribution is -0.163. The molecular weight excluding hydrogens is 398 g/mol. The molecule has 2 saturated heterocycles. The first-order chi connectivity index (χ1) is 13.5. The quantitative estimate of drug-likeness (QED) is 0.389. The molecule has 162 valence electrons. The van der Waals surface area contributed by atoms with Crippen LogP contribution in [0, 0.1) is 17.8 Å². The second-order valence-corrected chi connectivity index (χ2v) is 9.66. The van der Waals surface area contributed by atoms with Gasteiger partial charge in [0.1, 0.15) is 11.9 Å². The fourth-order valence-corrected chi connectivity index (χ4v) is 6.06. The number of aliphatic hydroxyl groups is 2. The summed E-state index contributed by atoms with van der Waals surface area (Å²) in [5.74, 6) is -3.10. The first-order valence-electron chi connectivity index (χ1n) is 9.91. The fraction of sp³-hybridized carbons (Fsp3) is 0.737. The van der Waals surface area contributed by atoms with Crippen molar-refractivity contribution in [2.45, 2.75) is 57.2 Å². The Labute approximate surface area is 173 Å². The van der Waals surface area contributed by atoms with Gasteiger partial charge in [-0.2, -0.15) is 0 Å². The largest absolute Gasteiger partial charge is 0.477 e. The standard InChI is InChI=1S/C19H29N3O6S/c1-8(17(20)25)6-12(24)21-5-4-11(7-21)29-16-9(2)14-13(10(3)23)18(26)22(14)15(16)19(27)28/h8-14,23-24H,4-7H2,1-3H3,(H2,20,25)(H,27,28)/t8-,9+,10+,11?,12?,13+,14+/m0/s1. The third-order valence-corrected chi connectivity index (χ3v) is 7.79. The average Bonchev–Trinajstić information content (AvgIpc) is 3.17. The van der Waals surface area contributed by atoms with Gasteiger partial charge in [0.15, 0.2) is 0 Å². The summed E-state index contributed by atoms with van der Waals surface area (Å²) in [7, 11) is 0. The number of aliphatic carboxylic acids is 1. The molecule has 0 aromatic rings. The van der Waals surface area contributed by atoms with E-state index in [-0.39, 0.29) is 35.2 Å². The highest BCUT2D eigenvalue weighted by atomic mass is 32.2. The van der Waals surface area contributed by atoms with Gasteiger partial charge < -0.3 is 26.0 Å². The molecule has 10 heteroatoms. The summed E-state index contributed by atoms with van der Waals surface area (Å²) in [6.45, 7) is 6.32. The van der Waals surface area contributed by atoms with E-state index >= 15 is 0 Å². The Bertz CT molecular complexity index is 741. The topological polar surface area (TPSA) is 144 Å². The van der Waals surface area contributed by atoms with Crippen molar-refractivity contribution in [1.82, 2.24) is 9.80 Å². The monoisotopic (exact) mass is 427 g/mol. The summed E-state index contributed by atoms with van der Waals surface area (Å²) in [6, 6.07) is -0.324. The van der Waals surface area contributed by atoms with Gasteiger partial charge in [-0.15, -0.1) is 11.8 Å². The predicted octanol–water partition coefficient (Wildman–Crippen LogP) is -0.222. The lowest BCUT2D eigenvalue weighted by Crippen LogP contribution is -2.63. The van der Waals surface area contributed by atoms with Crippen LogP contribution in [0.2, 0.25) is 0 Å². The SMILES string of the molecule is C[C@@H](CC(O)N1CCC(SC2=C(C(=O)O)N3C(=O)[C@H]([C@@H](C)O)[C@H]3[C@H]2C)C1)C(N)=O. The molecule has 3 rings (SSSR count). The van der Waals surface area contributed by atoms with Crippen molar-refractivity contribution in [2.24, 2.45) is 23.5 Å². The summed E-state index contributed by atoms with van der Waals surface area (Å²) in [5.41, 5.74) is 5.29. The fourth-order valence-electron chi connectivity index (χ4n) is 4.56. The van der Waals surface area contributed by atoms with Gasteiger partial charge in [0.05, 0.1) is 18.1 Å². The number of carbonyl (C=O) groups excluding carboxylic acids is 2. The Morgan fingerprint density at radius 3 is 2.52 bits per heavy atom. The molecule has 0 aliphatic carbocycles. The van der Waals surface area contributed by atoms with E-state index in [1.807, 2.05) is 11.8 Å². The van der Waals surface area contributed by atoms with Crippen molar-refractivity contribution in [3.05, 3.63) is 10.6 Å². The molecule has 3 aliphatic rings. The molecule has 9 nitrogen and oxygen atoms in total. The number of β-lactam (4-membered cyclic amide) rings is 1. The van der Waals surface area contributed by atoms with E-state index in [0.29, 0.717) is 18.0 Å². The minimum atomic E-state index is -1.13. The van der Waals surface area contributed by atoms with Crippen LogP contribution in [-0.4, -0.2) is 79.6 Å². The molecule has 0 radical (unpaired) electrons. The molecule has 5 N–H and O–H groups in total. The van der Waals surface area contributed by atoms with E-state index in [2.05, 4.69) is 0 Å². The second kappa shape index (κ2) is 8.25. The molecule has 0 spiro atoms. The number of primary amides is 1. The summed E-state index contributed by atoms with van der Waals surface area (Å²) in [6.07, 6.45) is -0.589. The van der Waals surface area contributed by atoms with Crippen LogP contribution in [-0.2, 0) is 14.4 Å². The molecule has 7 atom stereocenters. The van der Waals surface area contributed by atoms with Gasteiger partial charge in [0.2, 0.25) is 11.8 Å². The van der Waals surface area contributed by atoms with Crippen LogP contribution in [0.1, 0.15) is 33.6 Å². The molecule has 0 aromatic heterocycles. The van der Waals surface area contributed by atoms with E-state index in [1.54, 1.807) is 13.8 Å². The maximum absolute atomic E-state index is 12.4. The number of fused-ring (bicyclic) bond motifs is 1. The zero-order valence-corrected chi connectivity index (χ0v) is 17.6. The first kappa shape index (κ1) is 22.1. The molecule has 0 bridgehead atoms. The molecule has 2 amide bonds. The van der Waals surface area contributed by atoms with Crippen LogP contribution in [0.25, 0.3) is 0 Å². The molecule has 2 unspecified atom stereocenters. The number of carboxylic acid groups (broad SMARTS) is 1. The van der Waals surface area contributed by atoms with Gasteiger partial charge in [-0.05, 0) is 19.8 Å². The lowest BCUT2D eigenvalue weighted by atomic mass is 9.79. The van der Waals surface area contributed by atoms with Crippen LogP contribution in [0.3, 0.4) is 0 Å². The maximum atomic E-state index is 12.4. The minimum absolute atomic E-state index is 0.0238. The third-order valence-electron chi connectivity index (χ3n) is 6.25. The normalized spacial score (nSPS) is 32.7. The molecule has 3 aliphatic heterocycles. The third kappa shape index (κ3) is 3.90. The van der Waals surface area contributed by atoms with Crippen molar-refractivity contribution >= 4 is 29.5 Å². The molecule has 29 heavy (non-hydrogen) atoms. The van der Waals surface area contributed by atoms with Crippen molar-refractivity contribution in [1.29, 1.82) is 0 Å². The number of likely N-dealkylation sites (tertiary alicyclic amines) is 1. The van der Waals surface area contributed by atoms with E-state index in [4.69, 9.17) is 5.73 Å². The van der Waals surface area contributed by atoms with Crippen molar-refractivity contribution in [3.8, 4) is 0 Å². The highest BCUT2D eigenvalue weighted by Gasteiger charge is 2.60. The first-order valence-corrected chi connectivity index (χ1v) is 10.8. The van der Waals surface area contributed by atoms with Gasteiger partial charge in [-0.3, -0.25) is 14.5 Å².